The molecule has 1 rings (SSSR count). The topological polar surface area (TPSA) is 9.23 Å². The molecule has 4 heteroatoms. The maximum atomic E-state index is 13.2. The Balaban J connectivity index is 2.98. The van der Waals surface area contributed by atoms with E-state index in [2.05, 4.69) is 12.6 Å². The van der Waals surface area contributed by atoms with E-state index < -0.39 is 11.6 Å². The Morgan fingerprint density at radius 1 is 1.36 bits per heavy atom. The van der Waals surface area contributed by atoms with Crippen molar-refractivity contribution in [3.05, 3.63) is 29.3 Å². The lowest BCUT2D eigenvalue weighted by molar-refractivity contribution is 0.367. The molecule has 0 N–H and O–H groups in total. The third-order valence-electron chi connectivity index (χ3n) is 1.94. The molecule has 0 saturated heterocycles. The number of benzene rings is 1. The average Bonchev–Trinajstić information content (AvgIpc) is 2.20. The summed E-state index contributed by atoms with van der Waals surface area (Å²) in [4.78, 5) is 0. The normalized spacial score (nSPS) is 10.3. The van der Waals surface area contributed by atoms with Crippen molar-refractivity contribution in [2.75, 3.05) is 12.9 Å². The van der Waals surface area contributed by atoms with Crippen LogP contribution in [0.3, 0.4) is 0 Å². The number of ether oxygens (including phenoxy) is 1. The highest BCUT2D eigenvalue weighted by atomic mass is 32.1. The molecule has 0 bridgehead atoms. The molecule has 0 aromatic heterocycles. The zero-order chi connectivity index (χ0) is 10.6. The molecule has 0 atom stereocenters. The predicted octanol–water partition coefficient (Wildman–Crippen LogP) is 2.84. The summed E-state index contributed by atoms with van der Waals surface area (Å²) < 4.78 is 30.8. The quantitative estimate of drug-likeness (QED) is 0.764. The van der Waals surface area contributed by atoms with Crippen molar-refractivity contribution in [1.82, 2.24) is 0 Å². The number of aryl methyl sites for hydroxylation is 1. The number of hydrogen-bond donors (Lipinski definition) is 1. The second kappa shape index (κ2) is 5.20. The Morgan fingerprint density at radius 2 is 2.07 bits per heavy atom. The van der Waals surface area contributed by atoms with Crippen molar-refractivity contribution in [1.29, 1.82) is 0 Å². The van der Waals surface area contributed by atoms with Crippen LogP contribution in [0.5, 0.6) is 5.75 Å². The van der Waals surface area contributed by atoms with Crippen molar-refractivity contribution in [2.24, 2.45) is 0 Å². The van der Waals surface area contributed by atoms with Gasteiger partial charge in [-0.05, 0) is 30.2 Å². The smallest absolute Gasteiger partial charge is 0.200 e. The predicted molar refractivity (Wildman–Crippen MR) is 55.1 cm³/mol. The van der Waals surface area contributed by atoms with Gasteiger partial charge in [0.05, 0.1) is 7.11 Å². The molecule has 0 amide bonds. The maximum Gasteiger partial charge on any atom is 0.200 e. The van der Waals surface area contributed by atoms with Gasteiger partial charge in [-0.15, -0.1) is 0 Å². The highest BCUT2D eigenvalue weighted by molar-refractivity contribution is 7.80. The van der Waals surface area contributed by atoms with Crippen molar-refractivity contribution in [3.63, 3.8) is 0 Å². The molecule has 1 aromatic rings. The highest BCUT2D eigenvalue weighted by Crippen LogP contribution is 2.25. The van der Waals surface area contributed by atoms with Gasteiger partial charge in [-0.3, -0.25) is 0 Å². The second-order valence-corrected chi connectivity index (χ2v) is 3.33. The van der Waals surface area contributed by atoms with Crippen molar-refractivity contribution in [2.45, 2.75) is 12.8 Å². The minimum absolute atomic E-state index is 0.00628. The lowest BCUT2D eigenvalue weighted by Gasteiger charge is -2.08. The first-order chi connectivity index (χ1) is 6.70. The second-order valence-electron chi connectivity index (χ2n) is 2.88. The van der Waals surface area contributed by atoms with Gasteiger partial charge in [0, 0.05) is 0 Å². The van der Waals surface area contributed by atoms with E-state index in [9.17, 15) is 8.78 Å². The maximum absolute atomic E-state index is 13.2. The van der Waals surface area contributed by atoms with Gasteiger partial charge < -0.3 is 4.74 Å². The van der Waals surface area contributed by atoms with Crippen molar-refractivity contribution in [3.8, 4) is 5.75 Å². The monoisotopic (exact) mass is 218 g/mol. The molecule has 0 unspecified atom stereocenters. The van der Waals surface area contributed by atoms with E-state index in [1.54, 1.807) is 6.07 Å². The Morgan fingerprint density at radius 3 is 2.64 bits per heavy atom. The first-order valence-corrected chi connectivity index (χ1v) is 4.95. The summed E-state index contributed by atoms with van der Waals surface area (Å²) in [6.07, 6.45) is 1.45. The molecule has 0 fully saturated rings. The van der Waals surface area contributed by atoms with Gasteiger partial charge in [0.1, 0.15) is 0 Å². The van der Waals surface area contributed by atoms with Gasteiger partial charge in [-0.2, -0.15) is 17.0 Å². The molecule has 0 aliphatic rings. The fourth-order valence-electron chi connectivity index (χ4n) is 1.26. The van der Waals surface area contributed by atoms with Gasteiger partial charge >= 0.3 is 0 Å². The molecule has 0 aliphatic carbocycles. The molecular weight excluding hydrogens is 206 g/mol. The van der Waals surface area contributed by atoms with E-state index in [4.69, 9.17) is 4.74 Å². The van der Waals surface area contributed by atoms with Crippen molar-refractivity contribution >= 4 is 12.6 Å². The van der Waals surface area contributed by atoms with Gasteiger partial charge in [0.2, 0.25) is 5.82 Å². The van der Waals surface area contributed by atoms with E-state index in [1.807, 2.05) is 0 Å². The summed E-state index contributed by atoms with van der Waals surface area (Å²) in [6, 6.07) is 2.66. The molecule has 1 nitrogen and oxygen atoms in total. The van der Waals surface area contributed by atoms with E-state index in [0.29, 0.717) is 17.7 Å². The first-order valence-electron chi connectivity index (χ1n) is 4.32. The number of halogens is 2. The van der Waals surface area contributed by atoms with Crippen LogP contribution in [0.2, 0.25) is 0 Å². The number of rotatable bonds is 4. The fourth-order valence-corrected chi connectivity index (χ4v) is 1.42. The summed E-state index contributed by atoms with van der Waals surface area (Å²) in [5.74, 6) is -1.07. The van der Waals surface area contributed by atoms with Gasteiger partial charge in [0.15, 0.2) is 11.6 Å². The third kappa shape index (κ3) is 2.38. The molecule has 0 saturated carbocycles. The number of thiol groups is 1. The SMILES string of the molecule is COc1c(CCCS)ccc(F)c1F. The van der Waals surface area contributed by atoms with Crippen LogP contribution in [0.15, 0.2) is 12.1 Å². The van der Waals surface area contributed by atoms with E-state index in [-0.39, 0.29) is 5.75 Å². The largest absolute Gasteiger partial charge is 0.493 e. The first kappa shape index (κ1) is 11.3. The zero-order valence-corrected chi connectivity index (χ0v) is 8.78. The van der Waals surface area contributed by atoms with Gasteiger partial charge in [0.25, 0.3) is 0 Å². The average molecular weight is 218 g/mol. The zero-order valence-electron chi connectivity index (χ0n) is 7.89. The molecule has 0 aliphatic heterocycles. The minimum Gasteiger partial charge on any atom is -0.493 e. The van der Waals surface area contributed by atoms with E-state index in [0.717, 1.165) is 12.5 Å². The summed E-state index contributed by atoms with van der Waals surface area (Å²) in [5.41, 5.74) is 0.681. The third-order valence-corrected chi connectivity index (χ3v) is 2.26. The molecule has 14 heavy (non-hydrogen) atoms. The van der Waals surface area contributed by atoms with Crippen LogP contribution in [-0.2, 0) is 6.42 Å². The summed E-state index contributed by atoms with van der Waals surface area (Å²) >= 11 is 4.05. The summed E-state index contributed by atoms with van der Waals surface area (Å²) in [6.45, 7) is 0. The molecule has 0 spiro atoms. The lowest BCUT2D eigenvalue weighted by atomic mass is 10.1. The van der Waals surface area contributed by atoms with Crippen LogP contribution in [0.25, 0.3) is 0 Å². The van der Waals surface area contributed by atoms with Crippen LogP contribution in [0.1, 0.15) is 12.0 Å². The lowest BCUT2D eigenvalue weighted by Crippen LogP contribution is -1.98. The fraction of sp³-hybridized carbons (Fsp3) is 0.400. The molecule has 0 radical (unpaired) electrons. The van der Waals surface area contributed by atoms with Crippen LogP contribution in [0, 0.1) is 11.6 Å². The van der Waals surface area contributed by atoms with Crippen LogP contribution in [0.4, 0.5) is 8.78 Å². The van der Waals surface area contributed by atoms with Gasteiger partial charge in [-0.25, -0.2) is 4.39 Å². The summed E-state index contributed by atoms with van der Waals surface area (Å²) in [7, 11) is 1.34. The Hall–Kier alpha value is -0.770. The van der Waals surface area contributed by atoms with Crippen molar-refractivity contribution < 1.29 is 13.5 Å². The Kier molecular flexibility index (Phi) is 4.20. The Bertz CT molecular complexity index is 315. The molecule has 78 valence electrons. The number of hydrogen-bond acceptors (Lipinski definition) is 2. The molecular formula is C10H12F2OS. The van der Waals surface area contributed by atoms with Crippen LogP contribution < -0.4 is 4.74 Å². The van der Waals surface area contributed by atoms with Crippen LogP contribution >= 0.6 is 12.6 Å². The van der Waals surface area contributed by atoms with E-state index >= 15 is 0 Å². The highest BCUT2D eigenvalue weighted by Gasteiger charge is 2.13. The molecule has 0 heterocycles. The number of methoxy groups -OCH3 is 1. The van der Waals surface area contributed by atoms with Crippen LogP contribution in [-0.4, -0.2) is 12.9 Å². The van der Waals surface area contributed by atoms with E-state index in [1.165, 1.54) is 7.11 Å². The standard InChI is InChI=1S/C10H12F2OS/c1-13-10-7(3-2-6-14)4-5-8(11)9(10)12/h4-5,14H,2-3,6H2,1H3. The minimum atomic E-state index is -0.913. The Labute approximate surface area is 87.5 Å². The summed E-state index contributed by atoms with van der Waals surface area (Å²) in [5, 5.41) is 0. The van der Waals surface area contributed by atoms with Gasteiger partial charge in [-0.1, -0.05) is 6.07 Å². The molecule has 1 aromatic carbocycles.